The zero-order valence-corrected chi connectivity index (χ0v) is 17.0. The summed E-state index contributed by atoms with van der Waals surface area (Å²) in [7, 11) is 0. The van der Waals surface area contributed by atoms with Crippen LogP contribution in [0.15, 0.2) is 47.3 Å². The molecule has 0 unspecified atom stereocenters. The average Bonchev–Trinajstić information content (AvgIpc) is 2.66. The molecule has 3 rings (SSSR count). The van der Waals surface area contributed by atoms with Gasteiger partial charge in [-0.3, -0.25) is 4.79 Å². The molecule has 2 aromatic carbocycles. The summed E-state index contributed by atoms with van der Waals surface area (Å²) in [5.41, 5.74) is 2.10. The van der Waals surface area contributed by atoms with Crippen LogP contribution in [0.25, 0.3) is 10.9 Å². The van der Waals surface area contributed by atoms with Crippen molar-refractivity contribution in [1.82, 2.24) is 9.88 Å². The minimum atomic E-state index is -0.274. The van der Waals surface area contributed by atoms with Crippen molar-refractivity contribution in [2.24, 2.45) is 0 Å². The van der Waals surface area contributed by atoms with E-state index in [1.807, 2.05) is 6.92 Å². The van der Waals surface area contributed by atoms with Gasteiger partial charge in [0.1, 0.15) is 5.82 Å². The van der Waals surface area contributed by atoms with E-state index in [4.69, 9.17) is 27.9 Å². The summed E-state index contributed by atoms with van der Waals surface area (Å²) in [6, 6.07) is 11.5. The quantitative estimate of drug-likeness (QED) is 0.531. The van der Waals surface area contributed by atoms with Crippen molar-refractivity contribution in [1.29, 1.82) is 0 Å². The van der Waals surface area contributed by atoms with E-state index in [-0.39, 0.29) is 11.4 Å². The number of fused-ring (bicyclic) bond motifs is 1. The fourth-order valence-corrected chi connectivity index (χ4v) is 3.59. The first-order valence-corrected chi connectivity index (χ1v) is 9.79. The first-order valence-electron chi connectivity index (χ1n) is 9.04. The van der Waals surface area contributed by atoms with Gasteiger partial charge in [0.25, 0.3) is 5.56 Å². The van der Waals surface area contributed by atoms with Crippen LogP contribution < -0.4 is 10.9 Å². The molecule has 0 aliphatic heterocycles. The molecule has 0 bridgehead atoms. The Balaban J connectivity index is 1.89. The van der Waals surface area contributed by atoms with Crippen LogP contribution in [-0.2, 0) is 24.4 Å². The van der Waals surface area contributed by atoms with Gasteiger partial charge in [-0.25, -0.2) is 4.39 Å². The van der Waals surface area contributed by atoms with Crippen molar-refractivity contribution >= 4 is 34.1 Å². The molecular formula is C21H21Cl2FN2O2. The Bertz CT molecular complexity index is 1020. The largest absolute Gasteiger partial charge is 0.380 e. The zero-order valence-electron chi connectivity index (χ0n) is 15.5. The van der Waals surface area contributed by atoms with Gasteiger partial charge in [-0.2, -0.15) is 0 Å². The number of halogens is 3. The highest BCUT2D eigenvalue weighted by atomic mass is 35.5. The lowest BCUT2D eigenvalue weighted by atomic mass is 10.1. The Hall–Kier alpha value is -1.92. The van der Waals surface area contributed by atoms with E-state index in [1.165, 1.54) is 12.1 Å². The summed E-state index contributed by atoms with van der Waals surface area (Å²) in [6.07, 6.45) is 0. The second-order valence-electron chi connectivity index (χ2n) is 6.37. The van der Waals surface area contributed by atoms with Gasteiger partial charge in [0.15, 0.2) is 0 Å². The highest BCUT2D eigenvalue weighted by molar-refractivity contribution is 6.38. The van der Waals surface area contributed by atoms with Crippen LogP contribution in [-0.4, -0.2) is 17.8 Å². The molecule has 1 heterocycles. The number of ether oxygens (including phenoxy) is 1. The normalized spacial score (nSPS) is 11.3. The fraction of sp³-hybridized carbons (Fsp3) is 0.286. The summed E-state index contributed by atoms with van der Waals surface area (Å²) in [5, 5.41) is 4.97. The average molecular weight is 423 g/mol. The Morgan fingerprint density at radius 2 is 1.86 bits per heavy atom. The first kappa shape index (κ1) is 20.8. The molecule has 0 saturated carbocycles. The maximum Gasteiger partial charge on any atom is 0.255 e. The monoisotopic (exact) mass is 422 g/mol. The van der Waals surface area contributed by atoms with Crippen molar-refractivity contribution in [3.8, 4) is 0 Å². The standard InChI is InChI=1S/C21H21Cl2FN2O2/c1-2-28-8-7-26-20-11-16(22)10-19(23)18(20)9-15(21(26)27)13-25-12-14-3-5-17(24)6-4-14/h3-6,9-11,25H,2,7-8,12-13H2,1H3. The third-order valence-corrected chi connectivity index (χ3v) is 4.95. The van der Waals surface area contributed by atoms with Crippen molar-refractivity contribution < 1.29 is 9.13 Å². The van der Waals surface area contributed by atoms with Crippen molar-refractivity contribution in [2.75, 3.05) is 13.2 Å². The Morgan fingerprint density at radius 3 is 2.57 bits per heavy atom. The van der Waals surface area contributed by atoms with E-state index in [1.54, 1.807) is 34.9 Å². The number of pyridine rings is 1. The van der Waals surface area contributed by atoms with Crippen LogP contribution in [0.5, 0.6) is 0 Å². The lowest BCUT2D eigenvalue weighted by Gasteiger charge is -2.15. The highest BCUT2D eigenvalue weighted by Crippen LogP contribution is 2.27. The molecule has 0 saturated heterocycles. The van der Waals surface area contributed by atoms with Gasteiger partial charge in [0, 0.05) is 42.2 Å². The van der Waals surface area contributed by atoms with Crippen molar-refractivity contribution in [3.05, 3.63) is 79.8 Å². The lowest BCUT2D eigenvalue weighted by molar-refractivity contribution is 0.139. The van der Waals surface area contributed by atoms with E-state index >= 15 is 0 Å². The van der Waals surface area contributed by atoms with Gasteiger partial charge < -0.3 is 14.6 Å². The third kappa shape index (κ3) is 4.92. The van der Waals surface area contributed by atoms with E-state index in [2.05, 4.69) is 5.32 Å². The van der Waals surface area contributed by atoms with Crippen molar-refractivity contribution in [2.45, 2.75) is 26.6 Å². The molecular weight excluding hydrogens is 402 g/mol. The molecule has 28 heavy (non-hydrogen) atoms. The summed E-state index contributed by atoms with van der Waals surface area (Å²) in [6.45, 7) is 4.19. The van der Waals surface area contributed by atoms with E-state index in [0.29, 0.717) is 54.0 Å². The highest BCUT2D eigenvalue weighted by Gasteiger charge is 2.12. The van der Waals surface area contributed by atoms with Crippen LogP contribution in [0.3, 0.4) is 0 Å². The molecule has 4 nitrogen and oxygen atoms in total. The summed E-state index contributed by atoms with van der Waals surface area (Å²) in [4.78, 5) is 13.0. The van der Waals surface area contributed by atoms with Crippen LogP contribution in [0, 0.1) is 5.82 Å². The minimum absolute atomic E-state index is 0.114. The van der Waals surface area contributed by atoms with Gasteiger partial charge in [-0.15, -0.1) is 0 Å². The predicted molar refractivity (Wildman–Crippen MR) is 112 cm³/mol. The van der Waals surface area contributed by atoms with Crippen LogP contribution in [0.2, 0.25) is 10.0 Å². The molecule has 1 aromatic heterocycles. The molecule has 148 valence electrons. The number of aromatic nitrogens is 1. The third-order valence-electron chi connectivity index (χ3n) is 4.42. The fourth-order valence-electron chi connectivity index (χ4n) is 3.05. The van der Waals surface area contributed by atoms with Crippen LogP contribution in [0.1, 0.15) is 18.1 Å². The number of nitrogens with one attached hydrogen (secondary N) is 1. The number of benzene rings is 2. The Morgan fingerprint density at radius 1 is 1.11 bits per heavy atom. The molecule has 0 radical (unpaired) electrons. The smallest absolute Gasteiger partial charge is 0.255 e. The SMILES string of the molecule is CCOCCn1c(=O)c(CNCc2ccc(F)cc2)cc2c(Cl)cc(Cl)cc21. The van der Waals surface area contributed by atoms with Gasteiger partial charge in [0.2, 0.25) is 0 Å². The Labute approximate surface area is 172 Å². The molecule has 7 heteroatoms. The molecule has 0 aliphatic carbocycles. The molecule has 0 fully saturated rings. The van der Waals surface area contributed by atoms with E-state index in [9.17, 15) is 9.18 Å². The maximum atomic E-state index is 13.0. The minimum Gasteiger partial charge on any atom is -0.380 e. The van der Waals surface area contributed by atoms with Crippen molar-refractivity contribution in [3.63, 3.8) is 0 Å². The number of nitrogens with zero attached hydrogens (tertiary/aromatic N) is 1. The molecule has 0 aliphatic rings. The predicted octanol–water partition coefficient (Wildman–Crippen LogP) is 4.77. The van der Waals surface area contributed by atoms with Gasteiger partial charge in [-0.1, -0.05) is 35.3 Å². The molecule has 0 amide bonds. The lowest BCUT2D eigenvalue weighted by Crippen LogP contribution is -2.29. The van der Waals surface area contributed by atoms with Gasteiger partial charge >= 0.3 is 0 Å². The topological polar surface area (TPSA) is 43.3 Å². The summed E-state index contributed by atoms with van der Waals surface area (Å²) >= 11 is 12.5. The number of hydrogen-bond donors (Lipinski definition) is 1. The van der Waals surface area contributed by atoms with E-state index < -0.39 is 0 Å². The maximum absolute atomic E-state index is 13.0. The summed E-state index contributed by atoms with van der Waals surface area (Å²) in [5.74, 6) is -0.274. The zero-order chi connectivity index (χ0) is 20.1. The second kappa shape index (κ2) is 9.52. The van der Waals surface area contributed by atoms with Gasteiger partial charge in [-0.05, 0) is 42.8 Å². The number of hydrogen-bond acceptors (Lipinski definition) is 3. The van der Waals surface area contributed by atoms with Crippen LogP contribution in [0.4, 0.5) is 4.39 Å². The molecule has 1 N–H and O–H groups in total. The van der Waals surface area contributed by atoms with Gasteiger partial charge in [0.05, 0.1) is 17.1 Å². The summed E-state index contributed by atoms with van der Waals surface area (Å²) < 4.78 is 20.1. The second-order valence-corrected chi connectivity index (χ2v) is 7.22. The van der Waals surface area contributed by atoms with E-state index in [0.717, 1.165) is 10.9 Å². The molecule has 0 atom stereocenters. The Kier molecular flexibility index (Phi) is 7.08. The molecule has 0 spiro atoms. The first-order chi connectivity index (χ1) is 13.5. The van der Waals surface area contributed by atoms with Crippen LogP contribution >= 0.6 is 23.2 Å². The molecule has 3 aromatic rings. The number of rotatable bonds is 8.